The van der Waals surface area contributed by atoms with Crippen LogP contribution in [0, 0.1) is 0 Å². The highest BCUT2D eigenvalue weighted by atomic mass is 16.5. The van der Waals surface area contributed by atoms with E-state index in [4.69, 9.17) is 9.47 Å². The smallest absolute Gasteiger partial charge is 0.159 e. The van der Waals surface area contributed by atoms with Crippen LogP contribution >= 0.6 is 0 Å². The molecule has 0 atom stereocenters. The summed E-state index contributed by atoms with van der Waals surface area (Å²) in [7, 11) is 1.66. The van der Waals surface area contributed by atoms with Crippen LogP contribution in [0.3, 0.4) is 0 Å². The third kappa shape index (κ3) is 3.83. The summed E-state index contributed by atoms with van der Waals surface area (Å²) in [5.74, 6) is 2.43. The molecule has 5 heteroatoms. The van der Waals surface area contributed by atoms with Gasteiger partial charge in [0.15, 0.2) is 5.82 Å². The minimum Gasteiger partial charge on any atom is -0.497 e. The molecule has 3 aromatic rings. The van der Waals surface area contributed by atoms with Gasteiger partial charge in [-0.1, -0.05) is 36.4 Å². The number of rotatable bonds is 6. The molecule has 1 saturated heterocycles. The van der Waals surface area contributed by atoms with Crippen LogP contribution in [0.5, 0.6) is 11.5 Å². The number of methoxy groups -OCH3 is 1. The minimum absolute atomic E-state index is 0.214. The molecule has 26 heavy (non-hydrogen) atoms. The molecule has 0 radical (unpaired) electrons. The highest BCUT2D eigenvalue weighted by Gasteiger charge is 2.28. The Balaban J connectivity index is 1.29. The van der Waals surface area contributed by atoms with Crippen molar-refractivity contribution in [2.45, 2.75) is 12.6 Å². The van der Waals surface area contributed by atoms with E-state index in [-0.39, 0.29) is 6.10 Å². The summed E-state index contributed by atoms with van der Waals surface area (Å²) in [5.41, 5.74) is 2.15. The number of ether oxygens (including phenoxy) is 2. The molecule has 1 aromatic heterocycles. The van der Waals surface area contributed by atoms with Crippen molar-refractivity contribution in [2.24, 2.45) is 0 Å². The molecular formula is C21H21N3O2. The molecule has 0 aliphatic carbocycles. The second-order valence-corrected chi connectivity index (χ2v) is 6.39. The molecule has 2 heterocycles. The van der Waals surface area contributed by atoms with Gasteiger partial charge in [0, 0.05) is 49.2 Å². The monoisotopic (exact) mass is 347 g/mol. The maximum Gasteiger partial charge on any atom is 0.159 e. The van der Waals surface area contributed by atoms with Crippen molar-refractivity contribution in [3.05, 3.63) is 72.6 Å². The molecule has 132 valence electrons. The van der Waals surface area contributed by atoms with Crippen molar-refractivity contribution < 1.29 is 9.47 Å². The number of hydrogen-bond donors (Lipinski definition) is 0. The molecule has 0 unspecified atom stereocenters. The average molecular weight is 347 g/mol. The quantitative estimate of drug-likeness (QED) is 0.684. The lowest BCUT2D eigenvalue weighted by Gasteiger charge is -2.38. The molecule has 0 N–H and O–H groups in total. The van der Waals surface area contributed by atoms with Crippen LogP contribution in [-0.4, -0.2) is 41.2 Å². The van der Waals surface area contributed by atoms with E-state index in [0.29, 0.717) is 0 Å². The van der Waals surface area contributed by atoms with Crippen LogP contribution in [0.25, 0.3) is 11.4 Å². The molecule has 4 rings (SSSR count). The maximum absolute atomic E-state index is 5.98. The largest absolute Gasteiger partial charge is 0.497 e. The summed E-state index contributed by atoms with van der Waals surface area (Å²) >= 11 is 0. The zero-order valence-corrected chi connectivity index (χ0v) is 14.7. The molecule has 0 amide bonds. The standard InChI is InChI=1S/C21H21N3O2/c1-25-18-8-5-9-19(10-18)26-20-14-24(15-20)13-16-11-22-21(23-12-16)17-6-3-2-4-7-17/h2-12,20H,13-15H2,1H3. The number of benzene rings is 2. The van der Waals surface area contributed by atoms with E-state index in [0.717, 1.165) is 48.1 Å². The zero-order valence-electron chi connectivity index (χ0n) is 14.7. The van der Waals surface area contributed by atoms with Gasteiger partial charge in [0.2, 0.25) is 0 Å². The predicted molar refractivity (Wildman–Crippen MR) is 100 cm³/mol. The lowest BCUT2D eigenvalue weighted by Crippen LogP contribution is -2.53. The van der Waals surface area contributed by atoms with E-state index >= 15 is 0 Å². The molecular weight excluding hydrogens is 326 g/mol. The first-order valence-electron chi connectivity index (χ1n) is 8.69. The van der Waals surface area contributed by atoms with Crippen molar-refractivity contribution in [1.82, 2.24) is 14.9 Å². The van der Waals surface area contributed by atoms with Gasteiger partial charge in [0.1, 0.15) is 17.6 Å². The van der Waals surface area contributed by atoms with Gasteiger partial charge in [-0.25, -0.2) is 9.97 Å². The van der Waals surface area contributed by atoms with E-state index in [1.54, 1.807) is 7.11 Å². The second-order valence-electron chi connectivity index (χ2n) is 6.39. The summed E-state index contributed by atoms with van der Waals surface area (Å²) < 4.78 is 11.2. The van der Waals surface area contributed by atoms with Gasteiger partial charge in [0.05, 0.1) is 7.11 Å². The van der Waals surface area contributed by atoms with Gasteiger partial charge in [-0.3, -0.25) is 4.90 Å². The van der Waals surface area contributed by atoms with Crippen LogP contribution < -0.4 is 9.47 Å². The maximum atomic E-state index is 5.98. The molecule has 1 aliphatic heterocycles. The highest BCUT2D eigenvalue weighted by Crippen LogP contribution is 2.23. The van der Waals surface area contributed by atoms with Crippen molar-refractivity contribution in [2.75, 3.05) is 20.2 Å². The van der Waals surface area contributed by atoms with Crippen molar-refractivity contribution >= 4 is 0 Å². The summed E-state index contributed by atoms with van der Waals surface area (Å²) in [6, 6.07) is 17.8. The summed E-state index contributed by atoms with van der Waals surface area (Å²) in [6.45, 7) is 2.64. The first-order chi connectivity index (χ1) is 12.8. The summed E-state index contributed by atoms with van der Waals surface area (Å²) in [5, 5.41) is 0. The van der Waals surface area contributed by atoms with Crippen molar-refractivity contribution in [3.8, 4) is 22.9 Å². The number of aromatic nitrogens is 2. The predicted octanol–water partition coefficient (Wildman–Crippen LogP) is 3.42. The molecule has 5 nitrogen and oxygen atoms in total. The molecule has 0 saturated carbocycles. The van der Waals surface area contributed by atoms with Gasteiger partial charge in [-0.2, -0.15) is 0 Å². The van der Waals surface area contributed by atoms with E-state index in [1.807, 2.05) is 67.0 Å². The Kier molecular flexibility index (Phi) is 4.80. The lowest BCUT2D eigenvalue weighted by molar-refractivity contribution is 0.0143. The van der Waals surface area contributed by atoms with E-state index in [1.165, 1.54) is 0 Å². The van der Waals surface area contributed by atoms with Crippen LogP contribution in [-0.2, 0) is 6.54 Å². The lowest BCUT2D eigenvalue weighted by atomic mass is 10.1. The third-order valence-electron chi connectivity index (χ3n) is 4.41. The van der Waals surface area contributed by atoms with Gasteiger partial charge in [-0.05, 0) is 12.1 Å². The first-order valence-corrected chi connectivity index (χ1v) is 8.69. The van der Waals surface area contributed by atoms with Crippen LogP contribution in [0.1, 0.15) is 5.56 Å². The third-order valence-corrected chi connectivity index (χ3v) is 4.41. The summed E-state index contributed by atoms with van der Waals surface area (Å²) in [4.78, 5) is 11.3. The summed E-state index contributed by atoms with van der Waals surface area (Å²) in [6.07, 6.45) is 4.03. The first kappa shape index (κ1) is 16.5. The second kappa shape index (κ2) is 7.54. The number of hydrogen-bond acceptors (Lipinski definition) is 5. The highest BCUT2D eigenvalue weighted by molar-refractivity contribution is 5.53. The molecule has 0 spiro atoms. The van der Waals surface area contributed by atoms with Gasteiger partial charge in [0.25, 0.3) is 0 Å². The average Bonchev–Trinajstić information content (AvgIpc) is 2.68. The van der Waals surface area contributed by atoms with E-state index in [9.17, 15) is 0 Å². The van der Waals surface area contributed by atoms with Gasteiger partial charge in [-0.15, -0.1) is 0 Å². The van der Waals surface area contributed by atoms with Crippen LogP contribution in [0.15, 0.2) is 67.0 Å². The molecule has 0 bridgehead atoms. The fourth-order valence-electron chi connectivity index (χ4n) is 3.02. The fraction of sp³-hybridized carbons (Fsp3) is 0.238. The molecule has 1 aliphatic rings. The van der Waals surface area contributed by atoms with Crippen molar-refractivity contribution in [1.29, 1.82) is 0 Å². The Bertz CT molecular complexity index is 847. The topological polar surface area (TPSA) is 47.5 Å². The minimum atomic E-state index is 0.214. The van der Waals surface area contributed by atoms with Crippen LogP contribution in [0.4, 0.5) is 0 Å². The SMILES string of the molecule is COc1cccc(OC2CN(Cc3cnc(-c4ccccc4)nc3)C2)c1. The molecule has 2 aromatic carbocycles. The Labute approximate surface area is 153 Å². The van der Waals surface area contributed by atoms with E-state index < -0.39 is 0 Å². The van der Waals surface area contributed by atoms with Gasteiger partial charge < -0.3 is 9.47 Å². The Morgan fingerprint density at radius 2 is 1.69 bits per heavy atom. The normalized spacial score (nSPS) is 14.7. The fourth-order valence-corrected chi connectivity index (χ4v) is 3.02. The number of likely N-dealkylation sites (tertiary alicyclic amines) is 1. The zero-order chi connectivity index (χ0) is 17.8. The van der Waals surface area contributed by atoms with Gasteiger partial charge >= 0.3 is 0 Å². The number of nitrogens with zero attached hydrogens (tertiary/aromatic N) is 3. The molecule has 1 fully saturated rings. The Morgan fingerprint density at radius 1 is 0.962 bits per heavy atom. The van der Waals surface area contributed by atoms with E-state index in [2.05, 4.69) is 14.9 Å². The van der Waals surface area contributed by atoms with Crippen LogP contribution in [0.2, 0.25) is 0 Å². The Hall–Kier alpha value is -2.92. The Morgan fingerprint density at radius 3 is 2.42 bits per heavy atom. The van der Waals surface area contributed by atoms with Crippen molar-refractivity contribution in [3.63, 3.8) is 0 Å².